The molecule has 0 saturated heterocycles. The molecule has 0 spiro atoms. The lowest BCUT2D eigenvalue weighted by atomic mass is 10.2. The minimum atomic E-state index is -3.87. The summed E-state index contributed by atoms with van der Waals surface area (Å²) >= 11 is 5.63. The third kappa shape index (κ3) is 5.56. The number of benzene rings is 2. The maximum Gasteiger partial charge on any atom is 0.243 e. The fourth-order valence-corrected chi connectivity index (χ4v) is 3.59. The normalized spacial score (nSPS) is 11.8. The van der Waals surface area contributed by atoms with Crippen LogP contribution in [0.1, 0.15) is 12.0 Å². The van der Waals surface area contributed by atoms with Gasteiger partial charge in [-0.25, -0.2) is 17.5 Å². The standard InChI is InChI=1S/C17H20ClFN2O2S/c1-21(13-14-6-3-2-4-7-14)11-5-10-20-24(22,23)17-9-8-15(18)12-16(17)19/h2-4,6-9,12,20H,5,10-11,13H2,1H3. The maximum absolute atomic E-state index is 13.7. The molecule has 130 valence electrons. The fourth-order valence-electron chi connectivity index (χ4n) is 2.30. The van der Waals surface area contributed by atoms with Gasteiger partial charge in [-0.2, -0.15) is 0 Å². The molecule has 2 rings (SSSR count). The molecule has 0 aliphatic carbocycles. The molecule has 2 aromatic rings. The van der Waals surface area contributed by atoms with Gasteiger partial charge in [-0.1, -0.05) is 41.9 Å². The van der Waals surface area contributed by atoms with E-state index in [4.69, 9.17) is 11.6 Å². The lowest BCUT2D eigenvalue weighted by molar-refractivity contribution is 0.322. The van der Waals surface area contributed by atoms with Gasteiger partial charge in [0.1, 0.15) is 10.7 Å². The molecule has 0 bridgehead atoms. The molecule has 0 saturated carbocycles. The van der Waals surface area contributed by atoms with Gasteiger partial charge in [0.05, 0.1) is 0 Å². The lowest BCUT2D eigenvalue weighted by Gasteiger charge is -2.16. The van der Waals surface area contributed by atoms with Gasteiger partial charge in [0.15, 0.2) is 0 Å². The van der Waals surface area contributed by atoms with Crippen LogP contribution in [0.15, 0.2) is 53.4 Å². The summed E-state index contributed by atoms with van der Waals surface area (Å²) in [6.07, 6.45) is 0.623. The molecule has 2 aromatic carbocycles. The number of halogens is 2. The van der Waals surface area contributed by atoms with Crippen LogP contribution in [0.2, 0.25) is 5.02 Å². The molecule has 0 heterocycles. The van der Waals surface area contributed by atoms with Gasteiger partial charge in [-0.05, 0) is 43.8 Å². The van der Waals surface area contributed by atoms with E-state index in [1.54, 1.807) is 0 Å². The average molecular weight is 371 g/mol. The molecule has 7 heteroatoms. The van der Waals surface area contributed by atoms with E-state index in [1.807, 2.05) is 37.4 Å². The zero-order valence-corrected chi connectivity index (χ0v) is 14.9. The van der Waals surface area contributed by atoms with Gasteiger partial charge in [0.25, 0.3) is 0 Å². The molecule has 0 fully saturated rings. The first-order valence-electron chi connectivity index (χ1n) is 7.56. The number of rotatable bonds is 8. The minimum Gasteiger partial charge on any atom is -0.302 e. The summed E-state index contributed by atoms with van der Waals surface area (Å²) < 4.78 is 40.3. The third-order valence-corrected chi connectivity index (χ3v) is 5.22. The van der Waals surface area contributed by atoms with Gasteiger partial charge in [-0.15, -0.1) is 0 Å². The molecule has 1 N–H and O–H groups in total. The molecular weight excluding hydrogens is 351 g/mol. The maximum atomic E-state index is 13.7. The Morgan fingerprint density at radius 2 is 1.88 bits per heavy atom. The van der Waals surface area contributed by atoms with Gasteiger partial charge in [-0.3, -0.25) is 0 Å². The highest BCUT2D eigenvalue weighted by Crippen LogP contribution is 2.18. The summed E-state index contributed by atoms with van der Waals surface area (Å²) in [7, 11) is -1.89. The summed E-state index contributed by atoms with van der Waals surface area (Å²) in [5.74, 6) is -0.851. The van der Waals surface area contributed by atoms with E-state index >= 15 is 0 Å². The number of nitrogens with zero attached hydrogens (tertiary/aromatic N) is 1. The molecule has 0 aliphatic rings. The Morgan fingerprint density at radius 3 is 2.54 bits per heavy atom. The van der Waals surface area contributed by atoms with Crippen molar-refractivity contribution in [3.05, 3.63) is 64.9 Å². The predicted molar refractivity (Wildman–Crippen MR) is 94.0 cm³/mol. The molecule has 0 aromatic heterocycles. The number of hydrogen-bond donors (Lipinski definition) is 1. The van der Waals surface area contributed by atoms with Crippen molar-refractivity contribution in [2.45, 2.75) is 17.9 Å². The van der Waals surface area contributed by atoms with Crippen LogP contribution in [0.3, 0.4) is 0 Å². The first-order valence-corrected chi connectivity index (χ1v) is 9.42. The molecular formula is C17H20ClFN2O2S. The van der Waals surface area contributed by atoms with Crippen LogP contribution in [0.25, 0.3) is 0 Å². The van der Waals surface area contributed by atoms with Crippen molar-refractivity contribution in [3.8, 4) is 0 Å². The highest BCUT2D eigenvalue weighted by atomic mass is 35.5. The Balaban J connectivity index is 1.80. The summed E-state index contributed by atoms with van der Waals surface area (Å²) in [4.78, 5) is 1.72. The van der Waals surface area contributed by atoms with Crippen molar-refractivity contribution in [1.29, 1.82) is 0 Å². The Hall–Kier alpha value is -1.47. The van der Waals surface area contributed by atoms with E-state index in [2.05, 4.69) is 9.62 Å². The van der Waals surface area contributed by atoms with E-state index in [1.165, 1.54) is 17.7 Å². The quantitative estimate of drug-likeness (QED) is 0.725. The molecule has 0 unspecified atom stereocenters. The average Bonchev–Trinajstić information content (AvgIpc) is 2.52. The summed E-state index contributed by atoms with van der Waals surface area (Å²) in [6, 6.07) is 13.5. The summed E-state index contributed by atoms with van der Waals surface area (Å²) in [5.41, 5.74) is 1.20. The van der Waals surface area contributed by atoms with Crippen LogP contribution in [0.5, 0.6) is 0 Å². The number of nitrogens with one attached hydrogen (secondary N) is 1. The number of hydrogen-bond acceptors (Lipinski definition) is 3. The highest BCUT2D eigenvalue weighted by molar-refractivity contribution is 7.89. The van der Waals surface area contributed by atoms with E-state index < -0.39 is 15.8 Å². The highest BCUT2D eigenvalue weighted by Gasteiger charge is 2.18. The molecule has 0 radical (unpaired) electrons. The minimum absolute atomic E-state index is 0.161. The molecule has 0 atom stereocenters. The topological polar surface area (TPSA) is 49.4 Å². The summed E-state index contributed by atoms with van der Waals surface area (Å²) in [5, 5.41) is 0.161. The molecule has 0 aliphatic heterocycles. The third-order valence-electron chi connectivity index (χ3n) is 3.49. The molecule has 24 heavy (non-hydrogen) atoms. The summed E-state index contributed by atoms with van der Waals surface area (Å²) in [6.45, 7) is 1.75. The van der Waals surface area contributed by atoms with E-state index in [-0.39, 0.29) is 16.5 Å². The zero-order valence-electron chi connectivity index (χ0n) is 13.4. The van der Waals surface area contributed by atoms with E-state index in [0.717, 1.165) is 19.2 Å². The predicted octanol–water partition coefficient (Wildman–Crippen LogP) is 3.28. The van der Waals surface area contributed by atoms with Crippen LogP contribution >= 0.6 is 11.6 Å². The SMILES string of the molecule is CN(CCCNS(=O)(=O)c1ccc(Cl)cc1F)Cc1ccccc1. The smallest absolute Gasteiger partial charge is 0.243 e. The molecule has 4 nitrogen and oxygen atoms in total. The van der Waals surface area contributed by atoms with Crippen LogP contribution in [-0.4, -0.2) is 33.5 Å². The number of sulfonamides is 1. The largest absolute Gasteiger partial charge is 0.302 e. The van der Waals surface area contributed by atoms with Crippen molar-refractivity contribution in [2.24, 2.45) is 0 Å². The van der Waals surface area contributed by atoms with Gasteiger partial charge >= 0.3 is 0 Å². The van der Waals surface area contributed by atoms with E-state index in [0.29, 0.717) is 6.42 Å². The Bertz CT molecular complexity index is 769. The zero-order chi connectivity index (χ0) is 17.6. The lowest BCUT2D eigenvalue weighted by Crippen LogP contribution is -2.28. The van der Waals surface area contributed by atoms with Crippen LogP contribution < -0.4 is 4.72 Å². The van der Waals surface area contributed by atoms with Gasteiger partial charge in [0, 0.05) is 18.1 Å². The van der Waals surface area contributed by atoms with Gasteiger partial charge in [0.2, 0.25) is 10.0 Å². The monoisotopic (exact) mass is 370 g/mol. The second kappa shape index (κ2) is 8.58. The van der Waals surface area contributed by atoms with Crippen molar-refractivity contribution in [1.82, 2.24) is 9.62 Å². The van der Waals surface area contributed by atoms with Crippen molar-refractivity contribution >= 4 is 21.6 Å². The fraction of sp³-hybridized carbons (Fsp3) is 0.294. The van der Waals surface area contributed by atoms with Gasteiger partial charge < -0.3 is 4.90 Å². The van der Waals surface area contributed by atoms with Crippen molar-refractivity contribution < 1.29 is 12.8 Å². The first kappa shape index (κ1) is 18.9. The Labute approximate surface area is 147 Å². The van der Waals surface area contributed by atoms with Crippen molar-refractivity contribution in [3.63, 3.8) is 0 Å². The second-order valence-electron chi connectivity index (χ2n) is 5.55. The molecule has 0 amide bonds. The first-order chi connectivity index (χ1) is 11.4. The van der Waals surface area contributed by atoms with E-state index in [9.17, 15) is 12.8 Å². The van der Waals surface area contributed by atoms with Crippen LogP contribution in [0, 0.1) is 5.82 Å². The second-order valence-corrected chi connectivity index (χ2v) is 7.72. The Morgan fingerprint density at radius 1 is 1.17 bits per heavy atom. The van der Waals surface area contributed by atoms with Crippen molar-refractivity contribution in [2.75, 3.05) is 20.1 Å². The van der Waals surface area contributed by atoms with Crippen LogP contribution in [-0.2, 0) is 16.6 Å². The van der Waals surface area contributed by atoms with Crippen LogP contribution in [0.4, 0.5) is 4.39 Å². The Kier molecular flexibility index (Phi) is 6.74.